The smallest absolute Gasteiger partial charge is 0.319 e. The number of ether oxygens (including phenoxy) is 1. The molecule has 0 saturated heterocycles. The lowest BCUT2D eigenvalue weighted by molar-refractivity contribution is -0.140. The number of nitrogens with one attached hydrogen (secondary N) is 3. The van der Waals surface area contributed by atoms with Crippen LogP contribution in [0, 0.1) is 5.92 Å². The van der Waals surface area contributed by atoms with E-state index in [4.69, 9.17) is 0 Å². The SMILES string of the molecule is CNC(=O)[C@H](Cc1ccccc1)NC(=O)[C@H](CC(C)C)NCC(=O)OC. The second kappa shape index (κ2) is 11.3. The van der Waals surface area contributed by atoms with E-state index < -0.39 is 18.1 Å². The van der Waals surface area contributed by atoms with Gasteiger partial charge in [-0.25, -0.2) is 0 Å². The van der Waals surface area contributed by atoms with E-state index >= 15 is 0 Å². The molecule has 144 valence electrons. The Hall–Kier alpha value is -2.41. The summed E-state index contributed by atoms with van der Waals surface area (Å²) in [4.78, 5) is 36.2. The van der Waals surface area contributed by atoms with Gasteiger partial charge in [-0.2, -0.15) is 0 Å². The molecule has 0 unspecified atom stereocenters. The minimum Gasteiger partial charge on any atom is -0.468 e. The fourth-order valence-corrected chi connectivity index (χ4v) is 2.54. The van der Waals surface area contributed by atoms with E-state index in [1.165, 1.54) is 14.2 Å². The molecule has 2 atom stereocenters. The number of likely N-dealkylation sites (N-methyl/N-ethyl adjacent to an activating group) is 1. The summed E-state index contributed by atoms with van der Waals surface area (Å²) in [5, 5.41) is 8.29. The van der Waals surface area contributed by atoms with Gasteiger partial charge >= 0.3 is 5.97 Å². The van der Waals surface area contributed by atoms with Crippen molar-refractivity contribution in [3.8, 4) is 0 Å². The van der Waals surface area contributed by atoms with E-state index in [-0.39, 0.29) is 24.3 Å². The summed E-state index contributed by atoms with van der Waals surface area (Å²) in [5.41, 5.74) is 0.948. The van der Waals surface area contributed by atoms with Crippen LogP contribution in [0.4, 0.5) is 0 Å². The van der Waals surface area contributed by atoms with Crippen LogP contribution in [0.5, 0.6) is 0 Å². The number of hydrogen-bond donors (Lipinski definition) is 3. The van der Waals surface area contributed by atoms with Crippen LogP contribution in [0.15, 0.2) is 30.3 Å². The summed E-state index contributed by atoms with van der Waals surface area (Å²) < 4.78 is 4.60. The molecule has 2 amide bonds. The van der Waals surface area contributed by atoms with Crippen LogP contribution in [0.1, 0.15) is 25.8 Å². The Morgan fingerprint density at radius 1 is 1.04 bits per heavy atom. The maximum atomic E-state index is 12.7. The molecule has 7 heteroatoms. The molecular formula is C19H29N3O4. The highest BCUT2D eigenvalue weighted by atomic mass is 16.5. The second-order valence-corrected chi connectivity index (χ2v) is 6.50. The van der Waals surface area contributed by atoms with Crippen molar-refractivity contribution in [1.29, 1.82) is 0 Å². The van der Waals surface area contributed by atoms with Gasteiger partial charge < -0.3 is 15.4 Å². The molecule has 0 bridgehead atoms. The molecule has 3 N–H and O–H groups in total. The lowest BCUT2D eigenvalue weighted by Gasteiger charge is -2.23. The fourth-order valence-electron chi connectivity index (χ4n) is 2.54. The van der Waals surface area contributed by atoms with Crippen molar-refractivity contribution in [2.24, 2.45) is 5.92 Å². The molecule has 0 aromatic heterocycles. The van der Waals surface area contributed by atoms with Crippen molar-refractivity contribution in [2.45, 2.75) is 38.8 Å². The predicted molar refractivity (Wildman–Crippen MR) is 99.4 cm³/mol. The molecular weight excluding hydrogens is 334 g/mol. The Bertz CT molecular complexity index is 590. The Morgan fingerprint density at radius 3 is 2.23 bits per heavy atom. The highest BCUT2D eigenvalue weighted by Gasteiger charge is 2.26. The van der Waals surface area contributed by atoms with E-state index in [9.17, 15) is 14.4 Å². The molecule has 1 aromatic rings. The van der Waals surface area contributed by atoms with Gasteiger partial charge in [0.25, 0.3) is 0 Å². The summed E-state index contributed by atoms with van der Waals surface area (Å²) in [6, 6.07) is 8.20. The van der Waals surface area contributed by atoms with Gasteiger partial charge in [0.2, 0.25) is 11.8 Å². The highest BCUT2D eigenvalue weighted by molar-refractivity contribution is 5.90. The fraction of sp³-hybridized carbons (Fsp3) is 0.526. The lowest BCUT2D eigenvalue weighted by Crippen LogP contribution is -2.54. The maximum Gasteiger partial charge on any atom is 0.319 e. The van der Waals surface area contributed by atoms with Crippen LogP contribution in [0.25, 0.3) is 0 Å². The van der Waals surface area contributed by atoms with Gasteiger partial charge in [0, 0.05) is 13.5 Å². The molecule has 0 aliphatic carbocycles. The van der Waals surface area contributed by atoms with Crippen molar-refractivity contribution in [3.05, 3.63) is 35.9 Å². The van der Waals surface area contributed by atoms with Crippen LogP contribution in [0.3, 0.4) is 0 Å². The normalized spacial score (nSPS) is 13.0. The maximum absolute atomic E-state index is 12.7. The van der Waals surface area contributed by atoms with Gasteiger partial charge in [0.05, 0.1) is 19.7 Å². The van der Waals surface area contributed by atoms with Crippen LogP contribution in [-0.2, 0) is 25.5 Å². The predicted octanol–water partition coefficient (Wildman–Crippen LogP) is 0.637. The monoisotopic (exact) mass is 363 g/mol. The van der Waals surface area contributed by atoms with Crippen molar-refractivity contribution in [1.82, 2.24) is 16.0 Å². The third kappa shape index (κ3) is 7.65. The first-order valence-electron chi connectivity index (χ1n) is 8.73. The minimum absolute atomic E-state index is 0.0648. The molecule has 7 nitrogen and oxygen atoms in total. The first-order valence-corrected chi connectivity index (χ1v) is 8.73. The zero-order chi connectivity index (χ0) is 19.5. The number of benzene rings is 1. The van der Waals surface area contributed by atoms with Gasteiger partial charge in [0.1, 0.15) is 6.04 Å². The number of esters is 1. The van der Waals surface area contributed by atoms with E-state index in [2.05, 4.69) is 20.7 Å². The number of amides is 2. The van der Waals surface area contributed by atoms with Crippen molar-refractivity contribution < 1.29 is 19.1 Å². The molecule has 0 heterocycles. The number of rotatable bonds is 10. The van der Waals surface area contributed by atoms with Gasteiger partial charge in [-0.15, -0.1) is 0 Å². The van der Waals surface area contributed by atoms with Crippen molar-refractivity contribution in [3.63, 3.8) is 0 Å². The first-order chi connectivity index (χ1) is 12.4. The molecule has 1 rings (SSSR count). The molecule has 26 heavy (non-hydrogen) atoms. The van der Waals surface area contributed by atoms with Crippen molar-refractivity contribution in [2.75, 3.05) is 20.7 Å². The number of methoxy groups -OCH3 is 1. The van der Waals surface area contributed by atoms with Crippen LogP contribution in [0.2, 0.25) is 0 Å². The third-order valence-electron chi connectivity index (χ3n) is 3.91. The minimum atomic E-state index is -0.690. The zero-order valence-corrected chi connectivity index (χ0v) is 15.9. The van der Waals surface area contributed by atoms with Gasteiger partial charge in [-0.1, -0.05) is 44.2 Å². The van der Waals surface area contributed by atoms with Gasteiger partial charge in [0.15, 0.2) is 0 Å². The lowest BCUT2D eigenvalue weighted by atomic mass is 10.0. The average molecular weight is 363 g/mol. The number of carbonyl (C=O) groups is 3. The highest BCUT2D eigenvalue weighted by Crippen LogP contribution is 2.08. The molecule has 0 aliphatic rings. The Kier molecular flexibility index (Phi) is 9.36. The van der Waals surface area contributed by atoms with Crippen LogP contribution < -0.4 is 16.0 Å². The molecule has 0 aliphatic heterocycles. The summed E-state index contributed by atoms with van der Waals surface area (Å²) in [6.07, 6.45) is 0.923. The summed E-state index contributed by atoms with van der Waals surface area (Å²) >= 11 is 0. The van der Waals surface area contributed by atoms with E-state index in [1.807, 2.05) is 44.2 Å². The second-order valence-electron chi connectivity index (χ2n) is 6.50. The molecule has 0 fully saturated rings. The third-order valence-corrected chi connectivity index (χ3v) is 3.91. The number of hydrogen-bond acceptors (Lipinski definition) is 5. The zero-order valence-electron chi connectivity index (χ0n) is 15.9. The molecule has 0 saturated carbocycles. The molecule has 1 aromatic carbocycles. The standard InChI is InChI=1S/C19H29N3O4/c1-13(2)10-15(21-12-17(23)26-4)19(25)22-16(18(24)20-3)11-14-8-6-5-7-9-14/h5-9,13,15-16,21H,10-12H2,1-4H3,(H,20,24)(H,22,25)/t15-,16-/m0/s1. The molecule has 0 spiro atoms. The van der Waals surface area contributed by atoms with Gasteiger partial charge in [-0.05, 0) is 17.9 Å². The number of carbonyl (C=O) groups excluding carboxylic acids is 3. The summed E-state index contributed by atoms with van der Waals surface area (Å²) in [7, 11) is 2.83. The summed E-state index contributed by atoms with van der Waals surface area (Å²) in [6.45, 7) is 3.91. The van der Waals surface area contributed by atoms with Crippen molar-refractivity contribution >= 4 is 17.8 Å². The summed E-state index contributed by atoms with van der Waals surface area (Å²) in [5.74, 6) is -0.784. The Morgan fingerprint density at radius 2 is 1.69 bits per heavy atom. The molecule has 0 radical (unpaired) electrons. The first kappa shape index (κ1) is 21.6. The van der Waals surface area contributed by atoms with E-state index in [1.54, 1.807) is 0 Å². The quantitative estimate of drug-likeness (QED) is 0.530. The largest absolute Gasteiger partial charge is 0.468 e. The van der Waals surface area contributed by atoms with Crippen LogP contribution in [-0.4, -0.2) is 50.6 Å². The van der Waals surface area contributed by atoms with E-state index in [0.717, 1.165) is 5.56 Å². The van der Waals surface area contributed by atoms with Gasteiger partial charge in [-0.3, -0.25) is 19.7 Å². The Balaban J connectivity index is 2.81. The topological polar surface area (TPSA) is 96.5 Å². The van der Waals surface area contributed by atoms with E-state index in [0.29, 0.717) is 12.8 Å². The van der Waals surface area contributed by atoms with Crippen LogP contribution >= 0.6 is 0 Å². The average Bonchev–Trinajstić information content (AvgIpc) is 2.63. The Labute approximate surface area is 154 Å².